The van der Waals surface area contributed by atoms with Gasteiger partial charge in [0.1, 0.15) is 29.0 Å². The lowest BCUT2D eigenvalue weighted by Gasteiger charge is -2.34. The van der Waals surface area contributed by atoms with Gasteiger partial charge < -0.3 is 25.3 Å². The van der Waals surface area contributed by atoms with Crippen molar-refractivity contribution < 1.29 is 13.9 Å². The number of anilines is 3. The van der Waals surface area contributed by atoms with Crippen LogP contribution >= 0.6 is 0 Å². The van der Waals surface area contributed by atoms with E-state index in [2.05, 4.69) is 26.7 Å². The molecule has 1 aliphatic heterocycles. The van der Waals surface area contributed by atoms with Crippen molar-refractivity contribution in [3.8, 4) is 11.8 Å². The fourth-order valence-electron chi connectivity index (χ4n) is 4.04. The van der Waals surface area contributed by atoms with Crippen molar-refractivity contribution in [2.75, 3.05) is 37.4 Å². The Morgan fingerprint density at radius 3 is 2.76 bits per heavy atom. The monoisotopic (exact) mass is 450 g/mol. The number of H-pyrrole nitrogens is 1. The van der Waals surface area contributed by atoms with Crippen LogP contribution in [0.25, 0.3) is 11.0 Å². The number of carbonyl (C=O) groups is 1. The molecule has 0 radical (unpaired) electrons. The lowest BCUT2D eigenvalue weighted by molar-refractivity contribution is 0.0503. The number of pyridine rings is 1. The fourth-order valence-corrected chi connectivity index (χ4v) is 4.04. The molecule has 3 aromatic rings. The molecule has 8 nitrogen and oxygen atoms in total. The van der Waals surface area contributed by atoms with E-state index in [0.29, 0.717) is 66.5 Å². The highest BCUT2D eigenvalue weighted by Gasteiger charge is 2.32. The summed E-state index contributed by atoms with van der Waals surface area (Å²) in [4.78, 5) is 22.2. The first-order valence-corrected chi connectivity index (χ1v) is 10.9. The van der Waals surface area contributed by atoms with Crippen LogP contribution in [0.5, 0.6) is 5.75 Å². The van der Waals surface area contributed by atoms with Gasteiger partial charge >= 0.3 is 0 Å². The first-order chi connectivity index (χ1) is 15.8. The number of carbonyl (C=O) groups excluding carboxylic acids is 1. The lowest BCUT2D eigenvalue weighted by atomic mass is 9.95. The van der Waals surface area contributed by atoms with E-state index in [-0.39, 0.29) is 5.91 Å². The first-order valence-electron chi connectivity index (χ1n) is 10.9. The van der Waals surface area contributed by atoms with Crippen molar-refractivity contribution >= 4 is 34.1 Å². The normalized spacial score (nSPS) is 15.2. The number of piperidine rings is 1. The van der Waals surface area contributed by atoms with Crippen molar-refractivity contribution in [3.05, 3.63) is 41.6 Å². The highest BCUT2D eigenvalue weighted by Crippen LogP contribution is 2.33. The predicted molar refractivity (Wildman–Crippen MR) is 126 cm³/mol. The molecule has 9 heteroatoms. The number of fused-ring (bicyclic) bond motifs is 1. The molecule has 4 rings (SSSR count). The maximum absolute atomic E-state index is 14.1. The van der Waals surface area contributed by atoms with Gasteiger partial charge in [0.05, 0.1) is 29.4 Å². The van der Waals surface area contributed by atoms with Gasteiger partial charge in [-0.15, -0.1) is 0 Å². The van der Waals surface area contributed by atoms with E-state index >= 15 is 0 Å². The molecule has 1 saturated heterocycles. The van der Waals surface area contributed by atoms with E-state index in [1.807, 2.05) is 13.0 Å². The summed E-state index contributed by atoms with van der Waals surface area (Å²) in [5, 5.41) is 16.6. The number of likely N-dealkylation sites (tertiary alicyclic amines) is 1. The Bertz CT molecular complexity index is 1220. The summed E-state index contributed by atoms with van der Waals surface area (Å²) in [5.74, 6) is 0.907. The molecular formula is C24H27FN6O2. The Labute approximate surface area is 191 Å². The summed E-state index contributed by atoms with van der Waals surface area (Å²) in [5.41, 5.74) is 1.81. The Kier molecular flexibility index (Phi) is 6.09. The van der Waals surface area contributed by atoms with Gasteiger partial charge in [-0.05, 0) is 44.9 Å². The number of ether oxygens (including phenoxy) is 1. The van der Waals surface area contributed by atoms with Gasteiger partial charge in [0, 0.05) is 37.5 Å². The van der Waals surface area contributed by atoms with Gasteiger partial charge in [0.25, 0.3) is 5.91 Å². The van der Waals surface area contributed by atoms with E-state index in [9.17, 15) is 14.4 Å². The highest BCUT2D eigenvalue weighted by atomic mass is 19.1. The number of nitriles is 1. The molecule has 172 valence electrons. The molecule has 0 bridgehead atoms. The van der Waals surface area contributed by atoms with Gasteiger partial charge in [0.2, 0.25) is 0 Å². The summed E-state index contributed by atoms with van der Waals surface area (Å²) < 4.78 is 19.6. The molecular weight excluding hydrogens is 423 g/mol. The Morgan fingerprint density at radius 1 is 1.33 bits per heavy atom. The number of methoxy groups -OCH3 is 1. The van der Waals surface area contributed by atoms with Crippen LogP contribution in [-0.4, -0.2) is 53.2 Å². The zero-order valence-corrected chi connectivity index (χ0v) is 19.0. The van der Waals surface area contributed by atoms with Crippen LogP contribution in [0.3, 0.4) is 0 Å². The molecule has 2 aromatic heterocycles. The Hall–Kier alpha value is -3.80. The number of hydrogen-bond donors (Lipinski definition) is 3. The third-order valence-corrected chi connectivity index (χ3v) is 5.93. The number of nitrogens with zero attached hydrogens (tertiary/aromatic N) is 3. The smallest absolute Gasteiger partial charge is 0.253 e. The molecule has 0 atom stereocenters. The number of benzene rings is 1. The van der Waals surface area contributed by atoms with Gasteiger partial charge in [-0.3, -0.25) is 4.79 Å². The molecule has 1 fully saturated rings. The van der Waals surface area contributed by atoms with Crippen molar-refractivity contribution in [1.82, 2.24) is 14.9 Å². The molecule has 1 aromatic carbocycles. The second-order valence-electron chi connectivity index (χ2n) is 8.37. The minimum atomic E-state index is -1.21. The Balaban J connectivity index is 1.59. The number of alkyl halides is 1. The molecule has 1 aliphatic rings. The van der Waals surface area contributed by atoms with Gasteiger partial charge in [-0.25, -0.2) is 9.37 Å². The van der Waals surface area contributed by atoms with Crippen LogP contribution in [0.15, 0.2) is 30.5 Å². The molecule has 3 heterocycles. The average Bonchev–Trinajstić information content (AvgIpc) is 3.22. The number of hydrogen-bond acceptors (Lipinski definition) is 6. The Morgan fingerprint density at radius 2 is 2.09 bits per heavy atom. The summed E-state index contributed by atoms with van der Waals surface area (Å²) in [6.07, 6.45) is 2.31. The summed E-state index contributed by atoms with van der Waals surface area (Å²) in [7, 11) is 1.54. The molecule has 3 N–H and O–H groups in total. The SMILES string of the molecule is CCNc1cc(Nc2ccc(C(=O)N3CCC(C)(F)CC3)cc2OC)nc2[nH]cc(C#N)c12. The second-order valence-corrected chi connectivity index (χ2v) is 8.37. The second kappa shape index (κ2) is 8.98. The van der Waals surface area contributed by atoms with Crippen LogP contribution < -0.4 is 15.4 Å². The quantitative estimate of drug-likeness (QED) is 0.508. The molecule has 33 heavy (non-hydrogen) atoms. The number of aromatic nitrogens is 2. The standard InChI is InChI=1S/C24H27FN6O2/c1-4-27-18-12-20(30-22-21(18)16(13-26)14-28-22)29-17-6-5-15(11-19(17)33-3)23(32)31-9-7-24(2,25)8-10-31/h5-6,11-12,14H,4,7-10H2,1-3H3,(H3,27,28,29,30). The van der Waals surface area contributed by atoms with Crippen molar-refractivity contribution in [1.29, 1.82) is 5.26 Å². The summed E-state index contributed by atoms with van der Waals surface area (Å²) in [6, 6.07) is 9.18. The number of rotatable bonds is 6. The van der Waals surface area contributed by atoms with Crippen molar-refractivity contribution in [3.63, 3.8) is 0 Å². The van der Waals surface area contributed by atoms with Crippen LogP contribution in [0.2, 0.25) is 0 Å². The molecule has 1 amide bonds. The maximum atomic E-state index is 14.1. The topological polar surface area (TPSA) is 106 Å². The molecule has 0 aliphatic carbocycles. The lowest BCUT2D eigenvalue weighted by Crippen LogP contribution is -2.43. The van der Waals surface area contributed by atoms with E-state index in [1.54, 1.807) is 36.2 Å². The molecule has 0 unspecified atom stereocenters. The highest BCUT2D eigenvalue weighted by molar-refractivity contribution is 5.97. The number of amides is 1. The van der Waals surface area contributed by atoms with Crippen LogP contribution in [-0.2, 0) is 0 Å². The van der Waals surface area contributed by atoms with E-state index < -0.39 is 5.67 Å². The van der Waals surface area contributed by atoms with E-state index in [4.69, 9.17) is 4.74 Å². The minimum absolute atomic E-state index is 0.139. The van der Waals surface area contributed by atoms with E-state index in [0.717, 1.165) is 11.1 Å². The van der Waals surface area contributed by atoms with Crippen molar-refractivity contribution in [2.45, 2.75) is 32.4 Å². The van der Waals surface area contributed by atoms with Crippen LogP contribution in [0.4, 0.5) is 21.6 Å². The average molecular weight is 451 g/mol. The molecule has 0 saturated carbocycles. The third-order valence-electron chi connectivity index (χ3n) is 5.93. The number of halogens is 1. The van der Waals surface area contributed by atoms with Crippen LogP contribution in [0.1, 0.15) is 42.6 Å². The summed E-state index contributed by atoms with van der Waals surface area (Å²) >= 11 is 0. The zero-order chi connectivity index (χ0) is 23.6. The van der Waals surface area contributed by atoms with Gasteiger partial charge in [-0.1, -0.05) is 0 Å². The first kappa shape index (κ1) is 22.4. The van der Waals surface area contributed by atoms with Gasteiger partial charge in [0.15, 0.2) is 0 Å². The third kappa shape index (κ3) is 4.55. The predicted octanol–water partition coefficient (Wildman–Crippen LogP) is 4.58. The number of aromatic amines is 1. The van der Waals surface area contributed by atoms with E-state index in [1.165, 1.54) is 7.11 Å². The number of nitrogens with one attached hydrogen (secondary N) is 3. The minimum Gasteiger partial charge on any atom is -0.495 e. The maximum Gasteiger partial charge on any atom is 0.253 e. The van der Waals surface area contributed by atoms with Gasteiger partial charge in [-0.2, -0.15) is 5.26 Å². The largest absolute Gasteiger partial charge is 0.495 e. The van der Waals surface area contributed by atoms with Crippen molar-refractivity contribution in [2.24, 2.45) is 0 Å². The fraction of sp³-hybridized carbons (Fsp3) is 0.375. The summed E-state index contributed by atoms with van der Waals surface area (Å²) in [6.45, 7) is 5.04. The molecule has 0 spiro atoms. The zero-order valence-electron chi connectivity index (χ0n) is 19.0. The van der Waals surface area contributed by atoms with Crippen LogP contribution in [0, 0.1) is 11.3 Å².